The van der Waals surface area contributed by atoms with Crippen molar-refractivity contribution in [2.75, 3.05) is 7.11 Å². The molecule has 1 aromatic carbocycles. The summed E-state index contributed by atoms with van der Waals surface area (Å²) in [6.45, 7) is 4.81. The first-order valence-electron chi connectivity index (χ1n) is 7.61. The molecule has 0 aliphatic heterocycles. The maximum atomic E-state index is 13.7. The largest absolute Gasteiger partial charge is 0.374 e. The van der Waals surface area contributed by atoms with Gasteiger partial charge in [-0.15, -0.1) is 0 Å². The van der Waals surface area contributed by atoms with Crippen LogP contribution in [0.15, 0.2) is 42.7 Å². The van der Waals surface area contributed by atoms with Crippen molar-refractivity contribution < 1.29 is 13.5 Å². The van der Waals surface area contributed by atoms with Crippen molar-refractivity contribution in [2.24, 2.45) is 0 Å². The molecule has 0 fully saturated rings. The normalized spacial score (nSPS) is 12.8. The number of rotatable bonds is 4. The van der Waals surface area contributed by atoms with E-state index in [2.05, 4.69) is 10.1 Å². The lowest BCUT2D eigenvalue weighted by Crippen LogP contribution is -2.19. The Bertz CT molecular complexity index is 864. The fraction of sp³-hybridized carbons (Fsp3) is 0.333. The van der Waals surface area contributed by atoms with E-state index in [4.69, 9.17) is 4.74 Å². The minimum Gasteiger partial charge on any atom is -0.374 e. The number of fused-ring (bicyclic) bond motifs is 1. The Hall–Kier alpha value is -2.34. The molecular weight excluding hydrogens is 312 g/mol. The number of aromatic nitrogens is 3. The number of halogens is 2. The molecule has 0 bridgehead atoms. The van der Waals surface area contributed by atoms with Crippen LogP contribution < -0.4 is 0 Å². The minimum absolute atomic E-state index is 0.168. The van der Waals surface area contributed by atoms with Crippen molar-refractivity contribution >= 4 is 5.65 Å². The van der Waals surface area contributed by atoms with Crippen molar-refractivity contribution in [1.82, 2.24) is 14.6 Å². The molecule has 24 heavy (non-hydrogen) atoms. The van der Waals surface area contributed by atoms with Crippen molar-refractivity contribution in [2.45, 2.75) is 32.3 Å². The van der Waals surface area contributed by atoms with Gasteiger partial charge in [-0.3, -0.25) is 0 Å². The van der Waals surface area contributed by atoms with E-state index in [9.17, 15) is 8.78 Å². The lowest BCUT2D eigenvalue weighted by atomic mass is 9.96. The molecule has 0 spiro atoms. The Balaban J connectivity index is 2.04. The highest BCUT2D eigenvalue weighted by atomic mass is 19.3. The summed E-state index contributed by atoms with van der Waals surface area (Å²) in [5.41, 5.74) is 2.09. The molecule has 0 N–H and O–H groups in total. The van der Waals surface area contributed by atoms with E-state index < -0.39 is 11.5 Å². The molecule has 4 nitrogen and oxygen atoms in total. The summed E-state index contributed by atoms with van der Waals surface area (Å²) < 4.78 is 34.2. The third-order valence-corrected chi connectivity index (χ3v) is 4.23. The van der Waals surface area contributed by atoms with Gasteiger partial charge in [0.15, 0.2) is 5.65 Å². The first kappa shape index (κ1) is 16.5. The van der Waals surface area contributed by atoms with Crippen LogP contribution in [0, 0.1) is 0 Å². The Morgan fingerprint density at radius 3 is 2.29 bits per heavy atom. The summed E-state index contributed by atoms with van der Waals surface area (Å²) in [6.07, 6.45) is 2.80. The van der Waals surface area contributed by atoms with Gasteiger partial charge in [-0.25, -0.2) is 18.3 Å². The van der Waals surface area contributed by atoms with Crippen molar-refractivity contribution in [3.63, 3.8) is 0 Å². The highest BCUT2D eigenvalue weighted by Crippen LogP contribution is 2.31. The van der Waals surface area contributed by atoms with Crippen molar-refractivity contribution in [1.29, 1.82) is 0 Å². The molecule has 0 aliphatic carbocycles. The van der Waals surface area contributed by atoms with Crippen LogP contribution in [0.3, 0.4) is 0 Å². The number of hydrogen-bond donors (Lipinski definition) is 0. The van der Waals surface area contributed by atoms with Gasteiger partial charge in [-0.05, 0) is 25.5 Å². The van der Waals surface area contributed by atoms with E-state index in [0.29, 0.717) is 5.69 Å². The lowest BCUT2D eigenvalue weighted by Gasteiger charge is -2.23. The molecule has 0 saturated carbocycles. The van der Waals surface area contributed by atoms with Gasteiger partial charge in [0, 0.05) is 25.8 Å². The lowest BCUT2D eigenvalue weighted by molar-refractivity contribution is 0.0186. The Morgan fingerprint density at radius 1 is 1.04 bits per heavy atom. The minimum atomic E-state index is -2.99. The Morgan fingerprint density at radius 2 is 1.71 bits per heavy atom. The third kappa shape index (κ3) is 2.89. The molecule has 0 radical (unpaired) electrons. The molecule has 0 saturated heterocycles. The fourth-order valence-corrected chi connectivity index (χ4v) is 2.50. The number of benzene rings is 1. The second-order valence-electron chi connectivity index (χ2n) is 6.32. The molecule has 126 valence electrons. The van der Waals surface area contributed by atoms with Gasteiger partial charge < -0.3 is 4.74 Å². The second kappa shape index (κ2) is 5.63. The van der Waals surface area contributed by atoms with Crippen LogP contribution in [-0.2, 0) is 16.3 Å². The molecule has 0 atom stereocenters. The summed E-state index contributed by atoms with van der Waals surface area (Å²) in [6, 6.07) is 9.49. The average molecular weight is 331 g/mol. The smallest absolute Gasteiger partial charge is 0.275 e. The molecule has 0 aliphatic rings. The molecule has 3 rings (SSSR count). The van der Waals surface area contributed by atoms with Crippen LogP contribution in [-0.4, -0.2) is 21.7 Å². The van der Waals surface area contributed by atoms with Gasteiger partial charge in [-0.1, -0.05) is 24.3 Å². The zero-order chi connectivity index (χ0) is 17.5. The van der Waals surface area contributed by atoms with E-state index >= 15 is 0 Å². The number of nitrogens with zero attached hydrogens (tertiary/aromatic N) is 3. The predicted octanol–water partition coefficient (Wildman–Crippen LogP) is 4.39. The van der Waals surface area contributed by atoms with Gasteiger partial charge >= 0.3 is 0 Å². The van der Waals surface area contributed by atoms with Crippen LogP contribution in [0.2, 0.25) is 0 Å². The number of ether oxygens (including phenoxy) is 1. The number of methoxy groups -OCH3 is 1. The van der Waals surface area contributed by atoms with E-state index in [0.717, 1.165) is 24.2 Å². The fourth-order valence-electron chi connectivity index (χ4n) is 2.50. The third-order valence-electron chi connectivity index (χ3n) is 4.23. The quantitative estimate of drug-likeness (QED) is 0.712. The summed E-state index contributed by atoms with van der Waals surface area (Å²) >= 11 is 0. The highest BCUT2D eigenvalue weighted by Gasteiger charge is 2.29. The maximum Gasteiger partial charge on any atom is 0.275 e. The molecule has 3 aromatic rings. The SMILES string of the molecule is COC(C)(C)c1ccc(-c2ccn3ncc(C(C)(F)F)c3n2)cc1. The molecular formula is C18H19F2N3O. The second-order valence-corrected chi connectivity index (χ2v) is 6.32. The van der Waals surface area contributed by atoms with Crippen LogP contribution in [0.25, 0.3) is 16.9 Å². The van der Waals surface area contributed by atoms with Gasteiger partial charge in [-0.2, -0.15) is 5.10 Å². The van der Waals surface area contributed by atoms with E-state index in [1.165, 1.54) is 4.52 Å². The van der Waals surface area contributed by atoms with Crippen molar-refractivity contribution in [3.05, 3.63) is 53.9 Å². The van der Waals surface area contributed by atoms with Crippen LogP contribution in [0.4, 0.5) is 8.78 Å². The standard InChI is InChI=1S/C18H19F2N3O/c1-17(2,24-4)13-7-5-12(6-8-13)15-9-10-23-16(22-15)14(11-21-23)18(3,19)20/h5-11H,1-4H3. The van der Waals surface area contributed by atoms with Gasteiger partial charge in [0.25, 0.3) is 5.92 Å². The van der Waals surface area contributed by atoms with E-state index in [1.54, 1.807) is 19.4 Å². The summed E-state index contributed by atoms with van der Waals surface area (Å²) in [5, 5.41) is 3.94. The first-order valence-corrected chi connectivity index (χ1v) is 7.61. The Labute approximate surface area is 139 Å². The molecule has 2 heterocycles. The summed E-state index contributed by atoms with van der Waals surface area (Å²) in [7, 11) is 1.66. The van der Waals surface area contributed by atoms with E-state index in [1.807, 2.05) is 38.1 Å². The number of alkyl halides is 2. The molecule has 2 aromatic heterocycles. The Kier molecular flexibility index (Phi) is 3.87. The molecule has 6 heteroatoms. The van der Waals surface area contributed by atoms with Gasteiger partial charge in [0.1, 0.15) is 0 Å². The van der Waals surface area contributed by atoms with E-state index in [-0.39, 0.29) is 11.2 Å². The molecule has 0 unspecified atom stereocenters. The van der Waals surface area contributed by atoms with Crippen LogP contribution >= 0.6 is 0 Å². The number of hydrogen-bond acceptors (Lipinski definition) is 3. The summed E-state index contributed by atoms with van der Waals surface area (Å²) in [4.78, 5) is 4.37. The topological polar surface area (TPSA) is 39.4 Å². The van der Waals surface area contributed by atoms with Gasteiger partial charge in [0.2, 0.25) is 0 Å². The highest BCUT2D eigenvalue weighted by molar-refractivity contribution is 5.63. The predicted molar refractivity (Wildman–Crippen MR) is 88.0 cm³/mol. The summed E-state index contributed by atoms with van der Waals surface area (Å²) in [5.74, 6) is -2.99. The zero-order valence-corrected chi connectivity index (χ0v) is 14.0. The zero-order valence-electron chi connectivity index (χ0n) is 14.0. The maximum absolute atomic E-state index is 13.7. The monoisotopic (exact) mass is 331 g/mol. The first-order chi connectivity index (χ1) is 11.2. The molecule has 0 amide bonds. The van der Waals surface area contributed by atoms with Gasteiger partial charge in [0.05, 0.1) is 23.1 Å². The average Bonchev–Trinajstić information content (AvgIpc) is 2.98. The van der Waals surface area contributed by atoms with Crippen LogP contribution in [0.5, 0.6) is 0 Å². The van der Waals surface area contributed by atoms with Crippen molar-refractivity contribution in [3.8, 4) is 11.3 Å². The van der Waals surface area contributed by atoms with Crippen LogP contribution in [0.1, 0.15) is 31.9 Å².